The van der Waals surface area contributed by atoms with Crippen LogP contribution in [0.15, 0.2) is 30.3 Å². The molecule has 2 heterocycles. The van der Waals surface area contributed by atoms with Crippen LogP contribution in [-0.4, -0.2) is 66.1 Å². The summed E-state index contributed by atoms with van der Waals surface area (Å²) in [7, 11) is 3.58. The topological polar surface area (TPSA) is 52.6 Å². The molecule has 2 amide bonds. The number of anilines is 1. The molecule has 0 bridgehead atoms. The van der Waals surface area contributed by atoms with Gasteiger partial charge in [0, 0.05) is 57.6 Å². The Hall–Kier alpha value is -2.63. The lowest BCUT2D eigenvalue weighted by Crippen LogP contribution is -2.51. The van der Waals surface area contributed by atoms with E-state index in [1.807, 2.05) is 17.9 Å². The van der Waals surface area contributed by atoms with Crippen LogP contribution in [0, 0.1) is 13.8 Å². The molecule has 1 aromatic carbocycles. The first-order valence-electron chi connectivity index (χ1n) is 8.58. The largest absolute Gasteiger partial charge is 0.353 e. The van der Waals surface area contributed by atoms with Crippen LogP contribution in [0.3, 0.4) is 0 Å². The summed E-state index contributed by atoms with van der Waals surface area (Å²) in [6, 6.07) is 10.3. The van der Waals surface area contributed by atoms with Crippen molar-refractivity contribution >= 4 is 11.8 Å². The maximum Gasteiger partial charge on any atom is 0.319 e. The Bertz CT molecular complexity index is 749. The van der Waals surface area contributed by atoms with Crippen molar-refractivity contribution in [2.45, 2.75) is 13.8 Å². The minimum absolute atomic E-state index is 0.0684. The minimum atomic E-state index is 0.0684. The average molecular weight is 339 g/mol. The first kappa shape index (κ1) is 17.2. The van der Waals surface area contributed by atoms with Crippen molar-refractivity contribution in [1.29, 1.82) is 0 Å². The van der Waals surface area contributed by atoms with Gasteiger partial charge in [-0.3, -0.25) is 0 Å². The van der Waals surface area contributed by atoms with Crippen LogP contribution in [0.5, 0.6) is 0 Å². The van der Waals surface area contributed by atoms with Gasteiger partial charge in [0.15, 0.2) is 5.82 Å². The summed E-state index contributed by atoms with van der Waals surface area (Å²) in [5.41, 5.74) is 3.20. The number of urea groups is 1. The number of carbonyl (C=O) groups is 1. The Morgan fingerprint density at radius 1 is 1.00 bits per heavy atom. The van der Waals surface area contributed by atoms with Crippen molar-refractivity contribution < 1.29 is 4.79 Å². The Kier molecular flexibility index (Phi) is 4.88. The lowest BCUT2D eigenvalue weighted by molar-refractivity contribution is 0.168. The summed E-state index contributed by atoms with van der Waals surface area (Å²) in [5, 5.41) is 0. The number of amides is 2. The SMILES string of the molecule is Cc1ccc(-c2nc(C)cc(N3CCN(C(=O)N(C)C)CC3)n2)cc1. The molecular formula is C19H25N5O. The molecule has 1 aliphatic heterocycles. The standard InChI is InChI=1S/C19H25N5O/c1-14-5-7-16(8-6-14)18-20-15(2)13-17(21-18)23-9-11-24(12-10-23)19(25)22(3)4/h5-8,13H,9-12H2,1-4H3. The highest BCUT2D eigenvalue weighted by molar-refractivity contribution is 5.74. The van der Waals surface area contributed by atoms with E-state index >= 15 is 0 Å². The summed E-state index contributed by atoms with van der Waals surface area (Å²) in [4.78, 5) is 27.2. The van der Waals surface area contributed by atoms with E-state index in [-0.39, 0.29) is 6.03 Å². The third kappa shape index (κ3) is 3.90. The summed E-state index contributed by atoms with van der Waals surface area (Å²) in [6.07, 6.45) is 0. The molecule has 2 aromatic rings. The highest BCUT2D eigenvalue weighted by Gasteiger charge is 2.23. The Labute approximate surface area is 149 Å². The third-order valence-corrected chi connectivity index (χ3v) is 4.41. The lowest BCUT2D eigenvalue weighted by atomic mass is 10.1. The van der Waals surface area contributed by atoms with Crippen LogP contribution < -0.4 is 4.90 Å². The fraction of sp³-hybridized carbons (Fsp3) is 0.421. The number of piperazine rings is 1. The maximum absolute atomic E-state index is 12.1. The average Bonchev–Trinajstić information content (AvgIpc) is 2.61. The van der Waals surface area contributed by atoms with Gasteiger partial charge < -0.3 is 14.7 Å². The minimum Gasteiger partial charge on any atom is -0.353 e. The summed E-state index contributed by atoms with van der Waals surface area (Å²) >= 11 is 0. The molecule has 1 saturated heterocycles. The number of benzene rings is 1. The van der Waals surface area contributed by atoms with Crippen molar-refractivity contribution in [3.05, 3.63) is 41.6 Å². The van der Waals surface area contributed by atoms with Crippen molar-refractivity contribution in [3.63, 3.8) is 0 Å². The second kappa shape index (κ2) is 7.09. The van der Waals surface area contributed by atoms with Crippen LogP contribution in [0.25, 0.3) is 11.4 Å². The Morgan fingerprint density at radius 3 is 2.24 bits per heavy atom. The molecule has 1 aromatic heterocycles. The van der Waals surface area contributed by atoms with E-state index in [1.54, 1.807) is 19.0 Å². The van der Waals surface area contributed by atoms with Gasteiger partial charge in [0.05, 0.1) is 0 Å². The Balaban J connectivity index is 1.77. The monoisotopic (exact) mass is 339 g/mol. The van der Waals surface area contributed by atoms with E-state index in [9.17, 15) is 4.79 Å². The number of aromatic nitrogens is 2. The molecule has 0 N–H and O–H groups in total. The van der Waals surface area contributed by atoms with E-state index in [4.69, 9.17) is 4.98 Å². The number of hydrogen-bond donors (Lipinski definition) is 0. The molecule has 0 spiro atoms. The molecule has 0 saturated carbocycles. The molecule has 132 valence electrons. The van der Waals surface area contributed by atoms with Gasteiger partial charge in [-0.2, -0.15) is 0 Å². The van der Waals surface area contributed by atoms with Crippen LogP contribution in [0.1, 0.15) is 11.3 Å². The van der Waals surface area contributed by atoms with Crippen LogP contribution in [0.4, 0.5) is 10.6 Å². The number of hydrogen-bond acceptors (Lipinski definition) is 4. The molecule has 25 heavy (non-hydrogen) atoms. The molecular weight excluding hydrogens is 314 g/mol. The second-order valence-corrected chi connectivity index (χ2v) is 6.71. The molecule has 6 nitrogen and oxygen atoms in total. The first-order chi connectivity index (χ1) is 11.9. The summed E-state index contributed by atoms with van der Waals surface area (Å²) in [5.74, 6) is 1.68. The van der Waals surface area contributed by atoms with Gasteiger partial charge in [-0.25, -0.2) is 14.8 Å². The zero-order valence-electron chi connectivity index (χ0n) is 15.4. The van der Waals surface area contributed by atoms with Crippen molar-refractivity contribution in [1.82, 2.24) is 19.8 Å². The smallest absolute Gasteiger partial charge is 0.319 e. The molecule has 1 fully saturated rings. The van der Waals surface area contributed by atoms with Gasteiger partial charge in [-0.1, -0.05) is 29.8 Å². The van der Waals surface area contributed by atoms with Crippen molar-refractivity contribution in [2.75, 3.05) is 45.2 Å². The van der Waals surface area contributed by atoms with Crippen LogP contribution in [0.2, 0.25) is 0 Å². The molecule has 0 aliphatic carbocycles. The predicted molar refractivity (Wildman–Crippen MR) is 99.8 cm³/mol. The zero-order chi connectivity index (χ0) is 18.0. The van der Waals surface area contributed by atoms with E-state index in [1.165, 1.54) is 5.56 Å². The molecule has 0 atom stereocenters. The number of aryl methyl sites for hydroxylation is 2. The van der Waals surface area contributed by atoms with E-state index in [0.717, 1.165) is 36.0 Å². The van der Waals surface area contributed by atoms with Gasteiger partial charge >= 0.3 is 6.03 Å². The van der Waals surface area contributed by atoms with Gasteiger partial charge in [0.2, 0.25) is 0 Å². The fourth-order valence-corrected chi connectivity index (χ4v) is 2.96. The summed E-state index contributed by atoms with van der Waals surface area (Å²) < 4.78 is 0. The van der Waals surface area contributed by atoms with E-state index in [2.05, 4.69) is 41.1 Å². The third-order valence-electron chi connectivity index (χ3n) is 4.41. The molecule has 0 radical (unpaired) electrons. The molecule has 0 unspecified atom stereocenters. The maximum atomic E-state index is 12.1. The van der Waals surface area contributed by atoms with Gasteiger partial charge in [0.1, 0.15) is 5.82 Å². The zero-order valence-corrected chi connectivity index (χ0v) is 15.4. The quantitative estimate of drug-likeness (QED) is 0.844. The summed E-state index contributed by atoms with van der Waals surface area (Å²) in [6.45, 7) is 7.04. The predicted octanol–water partition coefficient (Wildman–Crippen LogP) is 2.56. The molecule has 6 heteroatoms. The van der Waals surface area contributed by atoms with E-state index in [0.29, 0.717) is 13.1 Å². The molecule has 1 aliphatic rings. The van der Waals surface area contributed by atoms with Crippen molar-refractivity contribution in [2.24, 2.45) is 0 Å². The Morgan fingerprint density at radius 2 is 1.64 bits per heavy atom. The second-order valence-electron chi connectivity index (χ2n) is 6.71. The van der Waals surface area contributed by atoms with Crippen LogP contribution >= 0.6 is 0 Å². The number of nitrogens with zero attached hydrogens (tertiary/aromatic N) is 5. The van der Waals surface area contributed by atoms with Gasteiger partial charge in [-0.05, 0) is 13.8 Å². The van der Waals surface area contributed by atoms with Gasteiger partial charge in [0.25, 0.3) is 0 Å². The highest BCUT2D eigenvalue weighted by atomic mass is 16.2. The van der Waals surface area contributed by atoms with Crippen molar-refractivity contribution in [3.8, 4) is 11.4 Å². The first-order valence-corrected chi connectivity index (χ1v) is 8.58. The lowest BCUT2D eigenvalue weighted by Gasteiger charge is -2.36. The van der Waals surface area contributed by atoms with Gasteiger partial charge in [-0.15, -0.1) is 0 Å². The number of carbonyl (C=O) groups excluding carboxylic acids is 1. The van der Waals surface area contributed by atoms with Crippen LogP contribution in [-0.2, 0) is 0 Å². The number of rotatable bonds is 2. The fourth-order valence-electron chi connectivity index (χ4n) is 2.96. The van der Waals surface area contributed by atoms with E-state index < -0.39 is 0 Å². The normalized spacial score (nSPS) is 14.6. The highest BCUT2D eigenvalue weighted by Crippen LogP contribution is 2.21. The molecule has 3 rings (SSSR count).